The van der Waals surface area contributed by atoms with E-state index in [1.54, 1.807) is 24.3 Å². The van der Waals surface area contributed by atoms with E-state index in [9.17, 15) is 25.6 Å². The summed E-state index contributed by atoms with van der Waals surface area (Å²) in [6.45, 7) is 1.45. The maximum absolute atomic E-state index is 12.6. The summed E-state index contributed by atoms with van der Waals surface area (Å²) < 4.78 is 74.8. The van der Waals surface area contributed by atoms with E-state index in [4.69, 9.17) is 0 Å². The fraction of sp³-hybridized carbons (Fsp3) is 0.333. The molecule has 6 nitrogen and oxygen atoms in total. The number of nitrogens with zero attached hydrogens (tertiary/aromatic N) is 2. The van der Waals surface area contributed by atoms with Crippen molar-refractivity contribution in [2.75, 3.05) is 31.1 Å². The third kappa shape index (κ3) is 4.50. The van der Waals surface area contributed by atoms with Crippen LogP contribution in [0.2, 0.25) is 0 Å². The minimum absolute atomic E-state index is 0.0615. The lowest BCUT2D eigenvalue weighted by Crippen LogP contribution is -2.49. The molecule has 0 aliphatic carbocycles. The van der Waals surface area contributed by atoms with Crippen LogP contribution in [0.3, 0.4) is 0 Å². The highest BCUT2D eigenvalue weighted by molar-refractivity contribution is 7.91. The molecule has 1 heterocycles. The Kier molecular flexibility index (Phi) is 6.01. The van der Waals surface area contributed by atoms with E-state index < -0.39 is 30.5 Å². The zero-order chi connectivity index (χ0) is 20.4. The van der Waals surface area contributed by atoms with E-state index in [1.807, 2.05) is 11.0 Å². The Morgan fingerprint density at radius 3 is 1.93 bits per heavy atom. The van der Waals surface area contributed by atoms with Crippen molar-refractivity contribution < 1.29 is 25.6 Å². The summed E-state index contributed by atoms with van der Waals surface area (Å²) in [4.78, 5) is 1.46. The Hall–Kier alpha value is -2.04. The van der Waals surface area contributed by atoms with Crippen LogP contribution in [-0.4, -0.2) is 53.1 Å². The first-order valence-corrected chi connectivity index (χ1v) is 11.7. The quantitative estimate of drug-likeness (QED) is 0.703. The second-order valence-corrected chi connectivity index (χ2v) is 10.3. The lowest BCUT2D eigenvalue weighted by molar-refractivity contribution is 0.234. The van der Waals surface area contributed by atoms with Crippen LogP contribution in [0.25, 0.3) is 0 Å². The molecule has 3 rings (SSSR count). The van der Waals surface area contributed by atoms with E-state index in [0.29, 0.717) is 31.9 Å². The summed E-state index contributed by atoms with van der Waals surface area (Å²) in [7, 11) is -8.06. The second kappa shape index (κ2) is 8.14. The first-order chi connectivity index (χ1) is 13.2. The highest BCUT2D eigenvalue weighted by Gasteiger charge is 2.29. The minimum Gasteiger partial charge on any atom is -0.369 e. The largest absolute Gasteiger partial charge is 0.369 e. The number of hydrogen-bond acceptors (Lipinski definition) is 5. The molecule has 0 saturated carbocycles. The molecule has 152 valence electrons. The number of rotatable bonds is 6. The van der Waals surface area contributed by atoms with Crippen LogP contribution in [0.5, 0.6) is 0 Å². The summed E-state index contributed by atoms with van der Waals surface area (Å²) in [5, 5.41) is 0. The van der Waals surface area contributed by atoms with Gasteiger partial charge in [-0.1, -0.05) is 30.3 Å². The summed E-state index contributed by atoms with van der Waals surface area (Å²) in [5.74, 6) is -3.52. The van der Waals surface area contributed by atoms with Crippen LogP contribution in [0.15, 0.2) is 59.5 Å². The Labute approximate surface area is 163 Å². The first kappa shape index (κ1) is 20.7. The maximum atomic E-state index is 12.6. The molecule has 1 aliphatic rings. The van der Waals surface area contributed by atoms with Crippen LogP contribution < -0.4 is 4.90 Å². The normalized spacial score (nSPS) is 16.5. The SMILES string of the molecule is O=S(=O)(c1ccc(N2CCN(S(=O)(=O)Cc3ccccc3)CC2)cc1)C(F)F. The van der Waals surface area contributed by atoms with E-state index in [2.05, 4.69) is 0 Å². The summed E-state index contributed by atoms with van der Waals surface area (Å²) in [6, 6.07) is 14.2. The molecule has 1 saturated heterocycles. The van der Waals surface area contributed by atoms with Crippen LogP contribution >= 0.6 is 0 Å². The third-order valence-corrected chi connectivity index (χ3v) is 7.84. The number of benzene rings is 2. The highest BCUT2D eigenvalue weighted by Crippen LogP contribution is 2.24. The Balaban J connectivity index is 1.64. The van der Waals surface area contributed by atoms with Crippen molar-refractivity contribution in [2.45, 2.75) is 16.4 Å². The summed E-state index contributed by atoms with van der Waals surface area (Å²) >= 11 is 0. The van der Waals surface area contributed by atoms with Gasteiger partial charge in [0.15, 0.2) is 0 Å². The molecule has 0 bridgehead atoms. The van der Waals surface area contributed by atoms with E-state index in [1.165, 1.54) is 16.4 Å². The number of sulfonamides is 1. The van der Waals surface area contributed by atoms with Crippen molar-refractivity contribution in [1.29, 1.82) is 0 Å². The molecular weight excluding hydrogens is 410 g/mol. The van der Waals surface area contributed by atoms with Gasteiger partial charge in [-0.2, -0.15) is 13.1 Å². The molecule has 0 spiro atoms. The van der Waals surface area contributed by atoms with Gasteiger partial charge in [0.05, 0.1) is 10.6 Å². The predicted octanol–water partition coefficient (Wildman–Crippen LogP) is 2.33. The smallest absolute Gasteiger partial charge is 0.341 e. The van der Waals surface area contributed by atoms with Gasteiger partial charge in [-0.05, 0) is 29.8 Å². The zero-order valence-corrected chi connectivity index (χ0v) is 16.5. The lowest BCUT2D eigenvalue weighted by atomic mass is 10.2. The van der Waals surface area contributed by atoms with E-state index in [-0.39, 0.29) is 5.75 Å². The molecule has 2 aromatic carbocycles. The van der Waals surface area contributed by atoms with Gasteiger partial charge in [0.1, 0.15) is 0 Å². The molecule has 28 heavy (non-hydrogen) atoms. The van der Waals surface area contributed by atoms with Crippen molar-refractivity contribution >= 4 is 25.5 Å². The maximum Gasteiger partial charge on any atom is 0.341 e. The number of sulfone groups is 1. The topological polar surface area (TPSA) is 74.8 Å². The zero-order valence-electron chi connectivity index (χ0n) is 14.9. The number of alkyl halides is 2. The highest BCUT2D eigenvalue weighted by atomic mass is 32.2. The van der Waals surface area contributed by atoms with Crippen molar-refractivity contribution in [3.05, 3.63) is 60.2 Å². The summed E-state index contributed by atoms with van der Waals surface area (Å²) in [5.41, 5.74) is 1.38. The molecule has 0 radical (unpaired) electrons. The standard InChI is InChI=1S/C18H20F2N2O4S2/c19-18(20)28(25,26)17-8-6-16(7-9-17)21-10-12-22(13-11-21)27(23,24)14-15-4-2-1-3-5-15/h1-9,18H,10-14H2. The fourth-order valence-corrected chi connectivity index (χ4v) is 5.29. The van der Waals surface area contributed by atoms with Crippen LogP contribution in [-0.2, 0) is 25.6 Å². The van der Waals surface area contributed by atoms with Gasteiger partial charge in [-0.3, -0.25) is 0 Å². The monoisotopic (exact) mass is 430 g/mol. The molecule has 1 aliphatic heterocycles. The third-order valence-electron chi connectivity index (χ3n) is 4.59. The lowest BCUT2D eigenvalue weighted by Gasteiger charge is -2.35. The van der Waals surface area contributed by atoms with Gasteiger partial charge in [0.25, 0.3) is 0 Å². The van der Waals surface area contributed by atoms with Crippen LogP contribution in [0.4, 0.5) is 14.5 Å². The second-order valence-electron chi connectivity index (χ2n) is 6.43. The van der Waals surface area contributed by atoms with Crippen LogP contribution in [0, 0.1) is 0 Å². The molecular formula is C18H20F2N2O4S2. The average molecular weight is 430 g/mol. The molecule has 1 fully saturated rings. The minimum atomic E-state index is -4.62. The van der Waals surface area contributed by atoms with Gasteiger partial charge in [0, 0.05) is 31.9 Å². The molecule has 0 atom stereocenters. The van der Waals surface area contributed by atoms with Crippen molar-refractivity contribution in [3.63, 3.8) is 0 Å². The number of piperazine rings is 1. The van der Waals surface area contributed by atoms with Crippen molar-refractivity contribution in [2.24, 2.45) is 0 Å². The molecule has 0 aromatic heterocycles. The van der Waals surface area contributed by atoms with Gasteiger partial charge < -0.3 is 4.90 Å². The molecule has 10 heteroatoms. The van der Waals surface area contributed by atoms with Gasteiger partial charge in [-0.15, -0.1) is 0 Å². The Morgan fingerprint density at radius 1 is 0.821 bits per heavy atom. The average Bonchev–Trinajstić information content (AvgIpc) is 2.68. The number of halogens is 2. The van der Waals surface area contributed by atoms with Gasteiger partial charge >= 0.3 is 5.76 Å². The van der Waals surface area contributed by atoms with Crippen molar-refractivity contribution in [3.8, 4) is 0 Å². The molecule has 0 amide bonds. The van der Waals surface area contributed by atoms with E-state index in [0.717, 1.165) is 17.7 Å². The molecule has 0 N–H and O–H groups in total. The summed E-state index contributed by atoms with van der Waals surface area (Å²) in [6.07, 6.45) is 0. The molecule has 0 unspecified atom stereocenters. The Bertz CT molecular complexity index is 1000. The number of anilines is 1. The Morgan fingerprint density at radius 2 is 1.39 bits per heavy atom. The van der Waals surface area contributed by atoms with Gasteiger partial charge in [0.2, 0.25) is 19.9 Å². The molecule has 2 aromatic rings. The van der Waals surface area contributed by atoms with E-state index >= 15 is 0 Å². The van der Waals surface area contributed by atoms with Gasteiger partial charge in [-0.25, -0.2) is 16.8 Å². The van der Waals surface area contributed by atoms with Crippen LogP contribution in [0.1, 0.15) is 5.56 Å². The fourth-order valence-electron chi connectivity index (χ4n) is 3.05. The first-order valence-electron chi connectivity index (χ1n) is 8.59. The predicted molar refractivity (Wildman–Crippen MR) is 102 cm³/mol. The van der Waals surface area contributed by atoms with Crippen molar-refractivity contribution in [1.82, 2.24) is 4.31 Å². The number of hydrogen-bond donors (Lipinski definition) is 0.